The third-order valence-electron chi connectivity index (χ3n) is 12.1. The van der Waals surface area contributed by atoms with Crippen LogP contribution in [0.15, 0.2) is 48.6 Å². The maximum absolute atomic E-state index is 14.6. The van der Waals surface area contributed by atoms with Gasteiger partial charge in [-0.25, -0.2) is 13.2 Å². The second-order valence-corrected chi connectivity index (χ2v) is 17.7. The number of ether oxygens (including phenoxy) is 1. The zero-order valence-electron chi connectivity index (χ0n) is 29.6. The first kappa shape index (κ1) is 35.1. The zero-order valence-corrected chi connectivity index (χ0v) is 30.4. The minimum Gasteiger partial charge on any atom is -0.446 e. The van der Waals surface area contributed by atoms with Crippen molar-refractivity contribution >= 4 is 44.6 Å². The Hall–Kier alpha value is -3.97. The molecule has 3 heterocycles. The molecule has 0 spiro atoms. The van der Waals surface area contributed by atoms with Crippen LogP contribution < -0.4 is 15.4 Å². The number of sulfonamides is 1. The van der Waals surface area contributed by atoms with Gasteiger partial charge in [0, 0.05) is 31.6 Å². The second kappa shape index (κ2) is 14.1. The third kappa shape index (κ3) is 7.05. The highest BCUT2D eigenvalue weighted by Crippen LogP contribution is 2.46. The molecule has 2 aromatic carbocycles. The summed E-state index contributed by atoms with van der Waals surface area (Å²) in [6.07, 6.45) is 11.9. The minimum absolute atomic E-state index is 0.164. The monoisotopic (exact) mass is 731 g/mol. The van der Waals surface area contributed by atoms with Crippen molar-refractivity contribution in [1.82, 2.24) is 25.2 Å². The molecule has 12 nitrogen and oxygen atoms in total. The Morgan fingerprint density at radius 1 is 0.904 bits per heavy atom. The molecule has 4 unspecified atom stereocenters. The number of nitrogens with zero attached hydrogens (tertiary/aromatic N) is 2. The van der Waals surface area contributed by atoms with E-state index in [0.29, 0.717) is 45.2 Å². The zero-order chi connectivity index (χ0) is 36.0. The standard InChI is InChI=1S/C39H49N5O7S/c45-35-33-20-29(43-22-26-12-8-10-25-11-9-13-27(23-43)34(25)26)24-44(33)36(46)32(40-38(48)51-30-15-6-7-16-30)17-5-3-1-2-4-14-28-21-39(28,41-35)37(47)42-52(49,50)31-18-19-31/h4,8-14,28-33H,1-3,5-7,15-24H2,(H,40,48)(H,41,45)(H,42,47)/b14-4+/t28?,29-,32?,33?,39?/m1/s1. The number of fused-ring (bicyclic) bond motifs is 2. The van der Waals surface area contributed by atoms with Crippen molar-refractivity contribution in [3.05, 3.63) is 59.7 Å². The molecule has 8 rings (SSSR count). The molecular formula is C39H49N5O7S. The quantitative estimate of drug-likeness (QED) is 0.375. The number of amides is 4. The number of hydrogen-bond acceptors (Lipinski definition) is 8. The van der Waals surface area contributed by atoms with E-state index in [-0.39, 0.29) is 36.9 Å². The van der Waals surface area contributed by atoms with Crippen LogP contribution in [0.4, 0.5) is 4.79 Å². The van der Waals surface area contributed by atoms with Crippen molar-refractivity contribution in [2.24, 2.45) is 5.92 Å². The Labute approximate surface area is 305 Å². The van der Waals surface area contributed by atoms with Crippen LogP contribution in [-0.2, 0) is 42.2 Å². The lowest BCUT2D eigenvalue weighted by molar-refractivity contribution is -0.141. The molecule has 0 bridgehead atoms. The van der Waals surface area contributed by atoms with E-state index in [1.165, 1.54) is 21.9 Å². The molecule has 3 saturated carbocycles. The molecule has 3 aliphatic carbocycles. The van der Waals surface area contributed by atoms with Gasteiger partial charge in [-0.15, -0.1) is 0 Å². The van der Waals surface area contributed by atoms with Crippen molar-refractivity contribution in [2.45, 2.75) is 132 Å². The number of alkyl carbamates (subject to hydrolysis) is 1. The van der Waals surface area contributed by atoms with E-state index < -0.39 is 50.8 Å². The highest BCUT2D eigenvalue weighted by atomic mass is 32.2. The van der Waals surface area contributed by atoms with Crippen LogP contribution in [0.1, 0.15) is 94.6 Å². The fourth-order valence-electron chi connectivity index (χ4n) is 8.89. The van der Waals surface area contributed by atoms with E-state index >= 15 is 0 Å². The topological polar surface area (TPSA) is 154 Å². The van der Waals surface area contributed by atoms with Crippen LogP contribution in [0, 0.1) is 5.92 Å². The predicted molar refractivity (Wildman–Crippen MR) is 194 cm³/mol. The van der Waals surface area contributed by atoms with E-state index in [1.807, 2.05) is 12.2 Å². The Balaban J connectivity index is 1.08. The summed E-state index contributed by atoms with van der Waals surface area (Å²) in [5.41, 5.74) is 0.952. The largest absolute Gasteiger partial charge is 0.446 e. The molecule has 4 fully saturated rings. The fourth-order valence-corrected chi connectivity index (χ4v) is 10.3. The highest BCUT2D eigenvalue weighted by Gasteiger charge is 2.62. The molecule has 2 aromatic rings. The smallest absolute Gasteiger partial charge is 0.408 e. The summed E-state index contributed by atoms with van der Waals surface area (Å²) in [6, 6.07) is 10.6. The van der Waals surface area contributed by atoms with E-state index in [1.54, 1.807) is 4.90 Å². The predicted octanol–water partition coefficient (Wildman–Crippen LogP) is 4.17. The minimum atomic E-state index is -3.85. The SMILES string of the molecule is O=C(NC1CCCCC/C=C/C2CC2(C(=O)NS(=O)(=O)C2CC2)NC(=O)C2C[C@@H](N3Cc4cccc5cccc(c45)C3)CN2C1=O)OC1CCCC1. The summed E-state index contributed by atoms with van der Waals surface area (Å²) >= 11 is 0. The lowest BCUT2D eigenvalue weighted by Crippen LogP contribution is -2.58. The summed E-state index contributed by atoms with van der Waals surface area (Å²) in [4.78, 5) is 59.9. The van der Waals surface area contributed by atoms with Crippen LogP contribution in [0.3, 0.4) is 0 Å². The molecule has 52 heavy (non-hydrogen) atoms. The molecule has 0 radical (unpaired) electrons. The number of hydrogen-bond donors (Lipinski definition) is 3. The number of carbonyl (C=O) groups is 4. The molecular weight excluding hydrogens is 683 g/mol. The van der Waals surface area contributed by atoms with Gasteiger partial charge in [0.25, 0.3) is 5.91 Å². The average Bonchev–Trinajstić information content (AvgIpc) is 3.99. The summed E-state index contributed by atoms with van der Waals surface area (Å²) in [6.45, 7) is 1.58. The molecule has 5 atom stereocenters. The van der Waals surface area contributed by atoms with Gasteiger partial charge in [0.15, 0.2) is 0 Å². The third-order valence-corrected chi connectivity index (χ3v) is 13.9. The first-order chi connectivity index (χ1) is 25.1. The molecule has 4 amide bonds. The second-order valence-electron chi connectivity index (χ2n) is 15.8. The van der Waals surface area contributed by atoms with Crippen molar-refractivity contribution in [3.8, 4) is 0 Å². The first-order valence-electron chi connectivity index (χ1n) is 19.2. The summed E-state index contributed by atoms with van der Waals surface area (Å²) in [7, 11) is -3.85. The van der Waals surface area contributed by atoms with E-state index in [0.717, 1.165) is 44.9 Å². The van der Waals surface area contributed by atoms with Gasteiger partial charge in [-0.2, -0.15) is 0 Å². The van der Waals surface area contributed by atoms with Crippen molar-refractivity contribution in [2.75, 3.05) is 6.54 Å². The number of nitrogens with one attached hydrogen (secondary N) is 3. The highest BCUT2D eigenvalue weighted by molar-refractivity contribution is 7.91. The normalized spacial score (nSPS) is 30.7. The molecule has 0 aromatic heterocycles. The van der Waals surface area contributed by atoms with E-state index in [4.69, 9.17) is 4.74 Å². The van der Waals surface area contributed by atoms with Gasteiger partial charge in [0.05, 0.1) is 5.25 Å². The molecule has 3 N–H and O–H groups in total. The number of carbonyl (C=O) groups excluding carboxylic acids is 4. The average molecular weight is 732 g/mol. The lowest BCUT2D eigenvalue weighted by Gasteiger charge is -2.34. The molecule has 3 aliphatic heterocycles. The Bertz CT molecular complexity index is 1850. The Kier molecular flexibility index (Phi) is 9.52. The van der Waals surface area contributed by atoms with E-state index in [9.17, 15) is 27.6 Å². The van der Waals surface area contributed by atoms with Crippen LogP contribution in [0.2, 0.25) is 0 Å². The van der Waals surface area contributed by atoms with Gasteiger partial charge in [0.2, 0.25) is 21.8 Å². The van der Waals surface area contributed by atoms with Crippen molar-refractivity contribution in [3.63, 3.8) is 0 Å². The summed E-state index contributed by atoms with van der Waals surface area (Å²) in [5.74, 6) is -1.93. The van der Waals surface area contributed by atoms with Gasteiger partial charge in [-0.1, -0.05) is 61.4 Å². The summed E-state index contributed by atoms with van der Waals surface area (Å²) in [5, 5.41) is 7.69. The number of benzene rings is 2. The van der Waals surface area contributed by atoms with Crippen LogP contribution in [0.5, 0.6) is 0 Å². The van der Waals surface area contributed by atoms with Gasteiger partial charge >= 0.3 is 6.09 Å². The van der Waals surface area contributed by atoms with Crippen LogP contribution >= 0.6 is 0 Å². The Morgan fingerprint density at radius 3 is 2.33 bits per heavy atom. The van der Waals surface area contributed by atoms with Gasteiger partial charge in [0.1, 0.15) is 23.7 Å². The maximum atomic E-state index is 14.6. The molecule has 13 heteroatoms. The molecule has 6 aliphatic rings. The fraction of sp³-hybridized carbons (Fsp3) is 0.590. The van der Waals surface area contributed by atoms with Gasteiger partial charge < -0.3 is 20.3 Å². The van der Waals surface area contributed by atoms with Crippen molar-refractivity contribution in [1.29, 1.82) is 0 Å². The molecule has 278 valence electrons. The molecule has 1 saturated heterocycles. The first-order valence-corrected chi connectivity index (χ1v) is 20.7. The maximum Gasteiger partial charge on any atom is 0.408 e. The van der Waals surface area contributed by atoms with E-state index in [2.05, 4.69) is 56.7 Å². The number of rotatable bonds is 6. The number of allylic oxidation sites excluding steroid dienone is 1. The summed E-state index contributed by atoms with van der Waals surface area (Å²) < 4.78 is 33.7. The van der Waals surface area contributed by atoms with Gasteiger partial charge in [-0.3, -0.25) is 24.0 Å². The lowest BCUT2D eigenvalue weighted by atomic mass is 9.94. The van der Waals surface area contributed by atoms with Crippen LogP contribution in [-0.4, -0.2) is 83.6 Å². The van der Waals surface area contributed by atoms with Crippen LogP contribution in [0.25, 0.3) is 10.8 Å². The van der Waals surface area contributed by atoms with Crippen molar-refractivity contribution < 1.29 is 32.3 Å². The van der Waals surface area contributed by atoms with Gasteiger partial charge in [-0.05, 0) is 92.5 Å². The Morgan fingerprint density at radius 2 is 1.62 bits per heavy atom.